The minimum Gasteiger partial charge on any atom is -0.351 e. The van der Waals surface area contributed by atoms with Crippen molar-refractivity contribution in [2.45, 2.75) is 4.90 Å². The molecule has 0 radical (unpaired) electrons. The van der Waals surface area contributed by atoms with E-state index in [9.17, 15) is 18.0 Å². The molecule has 0 spiro atoms. The van der Waals surface area contributed by atoms with Gasteiger partial charge in [-0.2, -0.15) is 0 Å². The highest BCUT2D eigenvalue weighted by Gasteiger charge is 2.23. The molecule has 4 N–H and O–H groups in total. The summed E-state index contributed by atoms with van der Waals surface area (Å²) in [6.45, 7) is 0.0235. The first kappa shape index (κ1) is 23.2. The highest BCUT2D eigenvalue weighted by Crippen LogP contribution is 2.28. The van der Waals surface area contributed by atoms with Crippen LogP contribution in [0.1, 0.15) is 0 Å². The van der Waals surface area contributed by atoms with Gasteiger partial charge < -0.3 is 20.9 Å². The van der Waals surface area contributed by atoms with Crippen LogP contribution in [0.25, 0.3) is 0 Å². The van der Waals surface area contributed by atoms with Crippen molar-refractivity contribution in [3.05, 3.63) is 78.9 Å². The Bertz CT molecular complexity index is 1330. The lowest BCUT2D eigenvalue weighted by Gasteiger charge is -2.30. The average molecular weight is 496 g/mol. The van der Waals surface area contributed by atoms with Crippen LogP contribution < -0.4 is 25.6 Å². The molecule has 4 rings (SSSR count). The van der Waals surface area contributed by atoms with Gasteiger partial charge in [0.05, 0.1) is 29.4 Å². The van der Waals surface area contributed by atoms with Crippen LogP contribution in [0.4, 0.5) is 22.7 Å². The number of hydrogen-bond donors (Lipinski definition) is 4. The average Bonchev–Trinajstić information content (AvgIpc) is 2.79. The second-order valence-electron chi connectivity index (χ2n) is 7.42. The standard InChI is InChI=1S/C23H21N5O4S2/c29-21(14-28-15-22(30)26-19-8-4-5-9-20(19)28)24-17-10-12-18(13-11-17)34(31,32)27-23(33)25-16-6-2-1-3-7-16/h1-13H,14-15H2,(H,24,29)(H,26,30)(H2,25,27,33). The van der Waals surface area contributed by atoms with Gasteiger partial charge in [-0.1, -0.05) is 30.3 Å². The number of nitrogens with one attached hydrogen (secondary N) is 4. The van der Waals surface area contributed by atoms with Crippen LogP contribution in [0.15, 0.2) is 83.8 Å². The molecule has 0 atom stereocenters. The van der Waals surface area contributed by atoms with E-state index in [0.29, 0.717) is 17.1 Å². The number of para-hydroxylation sites is 3. The van der Waals surface area contributed by atoms with E-state index in [1.54, 1.807) is 41.3 Å². The van der Waals surface area contributed by atoms with Crippen molar-refractivity contribution in [1.82, 2.24) is 4.72 Å². The zero-order valence-electron chi connectivity index (χ0n) is 17.8. The Morgan fingerprint density at radius 3 is 2.29 bits per heavy atom. The molecule has 1 aliphatic heterocycles. The van der Waals surface area contributed by atoms with Crippen molar-refractivity contribution >= 4 is 61.9 Å². The van der Waals surface area contributed by atoms with Gasteiger partial charge in [0.1, 0.15) is 0 Å². The van der Waals surface area contributed by atoms with E-state index in [0.717, 1.165) is 5.69 Å². The molecule has 2 amide bonds. The third kappa shape index (κ3) is 5.69. The third-order valence-corrected chi connectivity index (χ3v) is 6.59. The molecule has 1 heterocycles. The molecule has 1 aliphatic rings. The monoisotopic (exact) mass is 495 g/mol. The number of fused-ring (bicyclic) bond motifs is 1. The highest BCUT2D eigenvalue weighted by molar-refractivity contribution is 7.92. The molecule has 0 aromatic heterocycles. The van der Waals surface area contributed by atoms with Gasteiger partial charge >= 0.3 is 0 Å². The molecule has 0 saturated heterocycles. The lowest BCUT2D eigenvalue weighted by molar-refractivity contribution is -0.115. The van der Waals surface area contributed by atoms with Crippen LogP contribution in [0.5, 0.6) is 0 Å². The van der Waals surface area contributed by atoms with E-state index in [1.807, 2.05) is 18.2 Å². The molecule has 0 fully saturated rings. The van der Waals surface area contributed by atoms with Crippen molar-refractivity contribution in [1.29, 1.82) is 0 Å². The van der Waals surface area contributed by atoms with Crippen molar-refractivity contribution in [3.8, 4) is 0 Å². The van der Waals surface area contributed by atoms with E-state index in [2.05, 4.69) is 20.7 Å². The number of amides is 2. The summed E-state index contributed by atoms with van der Waals surface area (Å²) < 4.78 is 27.5. The van der Waals surface area contributed by atoms with Gasteiger partial charge in [-0.05, 0) is 60.7 Å². The number of hydrogen-bond acceptors (Lipinski definition) is 6. The molecule has 3 aromatic carbocycles. The van der Waals surface area contributed by atoms with Gasteiger partial charge in [0.2, 0.25) is 11.8 Å². The van der Waals surface area contributed by atoms with E-state index in [4.69, 9.17) is 12.2 Å². The van der Waals surface area contributed by atoms with E-state index in [1.165, 1.54) is 24.3 Å². The van der Waals surface area contributed by atoms with E-state index >= 15 is 0 Å². The fourth-order valence-corrected chi connectivity index (χ4v) is 4.75. The van der Waals surface area contributed by atoms with Crippen LogP contribution in [-0.4, -0.2) is 38.4 Å². The number of nitrogens with zero attached hydrogens (tertiary/aromatic N) is 1. The number of anilines is 4. The molecular formula is C23H21N5O4S2. The predicted molar refractivity (Wildman–Crippen MR) is 135 cm³/mol. The van der Waals surface area contributed by atoms with Gasteiger partial charge in [-0.15, -0.1) is 0 Å². The molecule has 34 heavy (non-hydrogen) atoms. The van der Waals surface area contributed by atoms with Crippen LogP contribution in [0.2, 0.25) is 0 Å². The minimum atomic E-state index is -3.91. The van der Waals surface area contributed by atoms with Crippen molar-refractivity contribution < 1.29 is 18.0 Å². The zero-order valence-corrected chi connectivity index (χ0v) is 19.4. The third-order valence-electron chi connectivity index (χ3n) is 4.89. The number of carbonyl (C=O) groups is 2. The largest absolute Gasteiger partial charge is 0.351 e. The molecule has 0 aliphatic carbocycles. The van der Waals surface area contributed by atoms with Gasteiger partial charge in [-0.3, -0.25) is 14.3 Å². The fourth-order valence-electron chi connectivity index (χ4n) is 3.39. The van der Waals surface area contributed by atoms with Crippen molar-refractivity contribution in [2.24, 2.45) is 0 Å². The first-order chi connectivity index (χ1) is 16.3. The summed E-state index contributed by atoms with van der Waals surface area (Å²) in [4.78, 5) is 26.1. The van der Waals surface area contributed by atoms with Crippen LogP contribution in [-0.2, 0) is 19.6 Å². The summed E-state index contributed by atoms with van der Waals surface area (Å²) in [6, 6.07) is 21.9. The van der Waals surface area contributed by atoms with E-state index < -0.39 is 10.0 Å². The summed E-state index contributed by atoms with van der Waals surface area (Å²) in [5.74, 6) is -0.542. The Labute approximate surface area is 202 Å². The normalized spacial score (nSPS) is 12.8. The second kappa shape index (κ2) is 9.89. The molecule has 9 nitrogen and oxygen atoms in total. The number of rotatable bonds is 6. The Morgan fingerprint density at radius 2 is 1.56 bits per heavy atom. The maximum Gasteiger partial charge on any atom is 0.263 e. The molecule has 0 bridgehead atoms. The summed E-state index contributed by atoms with van der Waals surface area (Å²) in [7, 11) is -3.91. The summed E-state index contributed by atoms with van der Waals surface area (Å²) >= 11 is 5.09. The fraction of sp³-hybridized carbons (Fsp3) is 0.0870. The topological polar surface area (TPSA) is 120 Å². The van der Waals surface area contributed by atoms with Crippen LogP contribution in [0, 0.1) is 0 Å². The summed E-state index contributed by atoms with van der Waals surface area (Å²) in [6.07, 6.45) is 0. The van der Waals surface area contributed by atoms with Crippen LogP contribution >= 0.6 is 12.2 Å². The van der Waals surface area contributed by atoms with Gasteiger partial charge in [0, 0.05) is 11.4 Å². The number of benzene rings is 3. The Hall–Kier alpha value is -3.96. The SMILES string of the molecule is O=C(CN1CC(=O)Nc2ccccc21)Nc1ccc(S(=O)(=O)NC(=S)Nc2ccccc2)cc1. The van der Waals surface area contributed by atoms with Gasteiger partial charge in [0.15, 0.2) is 5.11 Å². The number of carbonyl (C=O) groups excluding carboxylic acids is 2. The highest BCUT2D eigenvalue weighted by atomic mass is 32.2. The lowest BCUT2D eigenvalue weighted by Crippen LogP contribution is -2.42. The Kier molecular flexibility index (Phi) is 6.75. The molecule has 11 heteroatoms. The van der Waals surface area contributed by atoms with E-state index in [-0.39, 0.29) is 34.9 Å². The van der Waals surface area contributed by atoms with Crippen molar-refractivity contribution in [3.63, 3.8) is 0 Å². The zero-order chi connectivity index (χ0) is 24.1. The maximum absolute atomic E-state index is 12.6. The quantitative estimate of drug-likeness (QED) is 0.388. The first-order valence-electron chi connectivity index (χ1n) is 10.2. The molecule has 0 unspecified atom stereocenters. The van der Waals surface area contributed by atoms with Gasteiger partial charge in [-0.25, -0.2) is 8.42 Å². The summed E-state index contributed by atoms with van der Waals surface area (Å²) in [5, 5.41) is 8.24. The second-order valence-corrected chi connectivity index (χ2v) is 9.51. The molecule has 0 saturated carbocycles. The summed E-state index contributed by atoms with van der Waals surface area (Å²) in [5.41, 5.74) is 2.48. The van der Waals surface area contributed by atoms with Gasteiger partial charge in [0.25, 0.3) is 10.0 Å². The Balaban J connectivity index is 1.36. The maximum atomic E-state index is 12.6. The first-order valence-corrected chi connectivity index (χ1v) is 12.1. The molecule has 174 valence electrons. The lowest BCUT2D eigenvalue weighted by atomic mass is 10.2. The predicted octanol–water partition coefficient (Wildman–Crippen LogP) is 2.76. The molecule has 3 aromatic rings. The smallest absolute Gasteiger partial charge is 0.263 e. The molecular weight excluding hydrogens is 474 g/mol. The minimum absolute atomic E-state index is 0.00987. The van der Waals surface area contributed by atoms with Crippen molar-refractivity contribution in [2.75, 3.05) is 33.9 Å². The number of sulfonamides is 1. The van der Waals surface area contributed by atoms with Crippen LogP contribution in [0.3, 0.4) is 0 Å². The number of thiocarbonyl (C=S) groups is 1. The Morgan fingerprint density at radius 1 is 0.912 bits per heavy atom.